The van der Waals surface area contributed by atoms with Crippen molar-refractivity contribution in [2.45, 2.75) is 39.8 Å². The number of likely N-dealkylation sites (tertiary alicyclic amines) is 1. The van der Waals surface area contributed by atoms with Gasteiger partial charge in [-0.3, -0.25) is 19.4 Å². The Bertz CT molecular complexity index is 321. The molecule has 0 aliphatic carbocycles. The van der Waals surface area contributed by atoms with E-state index in [4.69, 9.17) is 0 Å². The van der Waals surface area contributed by atoms with Gasteiger partial charge in [-0.15, -0.1) is 5.92 Å². The van der Waals surface area contributed by atoms with Gasteiger partial charge in [0.05, 0.1) is 0 Å². The molecule has 0 radical (unpaired) electrons. The summed E-state index contributed by atoms with van der Waals surface area (Å²) in [5.41, 5.74) is 0. The number of hydrogen-bond donors (Lipinski definition) is 0. The van der Waals surface area contributed by atoms with Crippen molar-refractivity contribution in [2.24, 2.45) is 0 Å². The van der Waals surface area contributed by atoms with E-state index in [9.17, 15) is 9.59 Å². The molecule has 0 saturated carbocycles. The van der Waals surface area contributed by atoms with E-state index in [1.54, 1.807) is 6.92 Å². The summed E-state index contributed by atoms with van der Waals surface area (Å²) in [6, 6.07) is 0. The van der Waals surface area contributed by atoms with Gasteiger partial charge in [0.25, 0.3) is 0 Å². The zero-order chi connectivity index (χ0) is 12.1. The van der Waals surface area contributed by atoms with Gasteiger partial charge in [0, 0.05) is 12.8 Å². The van der Waals surface area contributed by atoms with Crippen molar-refractivity contribution < 1.29 is 9.59 Å². The molecule has 0 bridgehead atoms. The quantitative estimate of drug-likeness (QED) is 0.522. The largest absolute Gasteiger partial charge is 0.274 e. The van der Waals surface area contributed by atoms with Crippen LogP contribution in [0.4, 0.5) is 0 Å². The number of carbonyl (C=O) groups is 2. The van der Waals surface area contributed by atoms with Crippen LogP contribution >= 0.6 is 0 Å². The Kier molecular flexibility index (Phi) is 4.51. The summed E-state index contributed by atoms with van der Waals surface area (Å²) in [5.74, 6) is 5.53. The van der Waals surface area contributed by atoms with Crippen LogP contribution in [0.2, 0.25) is 0 Å². The van der Waals surface area contributed by atoms with Crippen LogP contribution in [-0.2, 0) is 9.59 Å². The molecule has 0 N–H and O–H groups in total. The molecule has 1 unspecified atom stereocenters. The molecule has 0 aromatic rings. The standard InChI is InChI=1S/C12H18N2O2/c1-4-7-10(13(5-2)6-3)14-11(15)8-9-12(14)16/h10H,5-6,8-9H2,1-3H3. The number of imide groups is 1. The summed E-state index contributed by atoms with van der Waals surface area (Å²) in [5, 5.41) is 0. The molecule has 1 fully saturated rings. The molecular formula is C12H18N2O2. The minimum Gasteiger partial charge on any atom is -0.274 e. The summed E-state index contributed by atoms with van der Waals surface area (Å²) in [6.45, 7) is 7.26. The first-order chi connectivity index (χ1) is 7.65. The lowest BCUT2D eigenvalue weighted by Gasteiger charge is -2.31. The van der Waals surface area contributed by atoms with Crippen molar-refractivity contribution in [1.29, 1.82) is 0 Å². The highest BCUT2D eigenvalue weighted by Crippen LogP contribution is 2.17. The Morgan fingerprint density at radius 2 is 1.75 bits per heavy atom. The van der Waals surface area contributed by atoms with Crippen molar-refractivity contribution in [3.05, 3.63) is 0 Å². The average Bonchev–Trinajstić information content (AvgIpc) is 2.59. The normalized spacial score (nSPS) is 17.6. The molecule has 16 heavy (non-hydrogen) atoms. The minimum atomic E-state index is -0.387. The maximum atomic E-state index is 11.6. The Labute approximate surface area is 96.6 Å². The van der Waals surface area contributed by atoms with E-state index in [0.717, 1.165) is 13.1 Å². The number of nitrogens with zero attached hydrogens (tertiary/aromatic N) is 2. The molecular weight excluding hydrogens is 204 g/mol. The fraction of sp³-hybridized carbons (Fsp3) is 0.667. The van der Waals surface area contributed by atoms with Crippen molar-refractivity contribution in [1.82, 2.24) is 9.80 Å². The lowest BCUT2D eigenvalue weighted by Crippen LogP contribution is -2.49. The highest BCUT2D eigenvalue weighted by atomic mass is 16.2. The summed E-state index contributed by atoms with van der Waals surface area (Å²) in [7, 11) is 0. The predicted molar refractivity (Wildman–Crippen MR) is 61.2 cm³/mol. The third-order valence-corrected chi connectivity index (χ3v) is 2.77. The molecule has 1 atom stereocenters. The summed E-state index contributed by atoms with van der Waals surface area (Å²) in [6.07, 6.45) is 0.256. The van der Waals surface area contributed by atoms with Crippen LogP contribution in [0.5, 0.6) is 0 Å². The molecule has 1 aliphatic rings. The van der Waals surface area contributed by atoms with E-state index >= 15 is 0 Å². The van der Waals surface area contributed by atoms with E-state index in [0.29, 0.717) is 12.8 Å². The van der Waals surface area contributed by atoms with Crippen LogP contribution in [-0.4, -0.2) is 40.9 Å². The Hall–Kier alpha value is -1.34. The topological polar surface area (TPSA) is 40.6 Å². The lowest BCUT2D eigenvalue weighted by molar-refractivity contribution is -0.143. The van der Waals surface area contributed by atoms with Crippen LogP contribution < -0.4 is 0 Å². The van der Waals surface area contributed by atoms with E-state index in [1.165, 1.54) is 4.90 Å². The molecule has 0 aromatic carbocycles. The molecule has 1 saturated heterocycles. The van der Waals surface area contributed by atoms with E-state index in [-0.39, 0.29) is 18.0 Å². The maximum Gasteiger partial charge on any atom is 0.231 e. The molecule has 2 amide bonds. The minimum absolute atomic E-state index is 0.107. The van der Waals surface area contributed by atoms with Crippen molar-refractivity contribution in [2.75, 3.05) is 13.1 Å². The predicted octanol–water partition coefficient (Wildman–Crippen LogP) is 0.827. The highest BCUT2D eigenvalue weighted by Gasteiger charge is 2.36. The highest BCUT2D eigenvalue weighted by molar-refractivity contribution is 6.02. The third kappa shape index (κ3) is 2.42. The molecule has 1 aliphatic heterocycles. The zero-order valence-electron chi connectivity index (χ0n) is 10.1. The van der Waals surface area contributed by atoms with Crippen LogP contribution in [0, 0.1) is 11.8 Å². The van der Waals surface area contributed by atoms with Gasteiger partial charge in [-0.25, -0.2) is 0 Å². The Morgan fingerprint density at radius 3 is 2.12 bits per heavy atom. The zero-order valence-corrected chi connectivity index (χ0v) is 10.1. The number of carbonyl (C=O) groups excluding carboxylic acids is 2. The summed E-state index contributed by atoms with van der Waals surface area (Å²) < 4.78 is 0. The summed E-state index contributed by atoms with van der Waals surface area (Å²) in [4.78, 5) is 26.6. The van der Waals surface area contributed by atoms with Gasteiger partial charge >= 0.3 is 0 Å². The second kappa shape index (κ2) is 5.66. The maximum absolute atomic E-state index is 11.6. The van der Waals surface area contributed by atoms with Crippen molar-refractivity contribution in [3.8, 4) is 11.8 Å². The van der Waals surface area contributed by atoms with Crippen LogP contribution in [0.25, 0.3) is 0 Å². The van der Waals surface area contributed by atoms with Crippen molar-refractivity contribution in [3.63, 3.8) is 0 Å². The monoisotopic (exact) mass is 222 g/mol. The second-order valence-electron chi connectivity index (χ2n) is 3.65. The first-order valence-corrected chi connectivity index (χ1v) is 5.66. The van der Waals surface area contributed by atoms with Crippen molar-refractivity contribution >= 4 is 11.8 Å². The van der Waals surface area contributed by atoms with Gasteiger partial charge in [0.15, 0.2) is 6.17 Å². The lowest BCUT2D eigenvalue weighted by atomic mass is 10.3. The summed E-state index contributed by atoms with van der Waals surface area (Å²) >= 11 is 0. The molecule has 88 valence electrons. The number of amides is 2. The molecule has 0 spiro atoms. The van der Waals surface area contributed by atoms with E-state index < -0.39 is 0 Å². The fourth-order valence-electron chi connectivity index (χ4n) is 1.88. The molecule has 1 heterocycles. The number of hydrogen-bond acceptors (Lipinski definition) is 3. The Balaban J connectivity index is 2.95. The third-order valence-electron chi connectivity index (χ3n) is 2.77. The fourth-order valence-corrected chi connectivity index (χ4v) is 1.88. The van der Waals surface area contributed by atoms with Gasteiger partial charge in [0.2, 0.25) is 11.8 Å². The van der Waals surface area contributed by atoms with Gasteiger partial charge in [-0.1, -0.05) is 19.8 Å². The number of rotatable bonds is 4. The van der Waals surface area contributed by atoms with Crippen LogP contribution in [0.3, 0.4) is 0 Å². The second-order valence-corrected chi connectivity index (χ2v) is 3.65. The van der Waals surface area contributed by atoms with Gasteiger partial charge in [0.1, 0.15) is 0 Å². The van der Waals surface area contributed by atoms with Gasteiger partial charge in [-0.05, 0) is 20.0 Å². The van der Waals surface area contributed by atoms with E-state index in [1.807, 2.05) is 18.7 Å². The average molecular weight is 222 g/mol. The van der Waals surface area contributed by atoms with Gasteiger partial charge < -0.3 is 0 Å². The van der Waals surface area contributed by atoms with Crippen LogP contribution in [0.1, 0.15) is 33.6 Å². The first kappa shape index (κ1) is 12.7. The molecule has 4 nitrogen and oxygen atoms in total. The SMILES string of the molecule is CC#CC(N(CC)CC)N1C(=O)CCC1=O. The smallest absolute Gasteiger partial charge is 0.231 e. The molecule has 0 aromatic heterocycles. The van der Waals surface area contributed by atoms with Crippen LogP contribution in [0.15, 0.2) is 0 Å². The first-order valence-electron chi connectivity index (χ1n) is 5.66. The van der Waals surface area contributed by atoms with E-state index in [2.05, 4.69) is 11.8 Å². The Morgan fingerprint density at radius 1 is 1.25 bits per heavy atom. The van der Waals surface area contributed by atoms with Gasteiger partial charge in [-0.2, -0.15) is 0 Å². The molecule has 4 heteroatoms. The molecule has 1 rings (SSSR count).